The van der Waals surface area contributed by atoms with Crippen LogP contribution in [-0.4, -0.2) is 18.8 Å². The van der Waals surface area contributed by atoms with Crippen LogP contribution in [-0.2, 0) is 14.4 Å². The highest BCUT2D eigenvalue weighted by Crippen LogP contribution is 2.12. The van der Waals surface area contributed by atoms with Crippen molar-refractivity contribution in [3.8, 4) is 0 Å². The van der Waals surface area contributed by atoms with Crippen LogP contribution in [0.3, 0.4) is 0 Å². The lowest BCUT2D eigenvalue weighted by molar-refractivity contribution is -0.198. The zero-order valence-electron chi connectivity index (χ0n) is 10.2. The summed E-state index contributed by atoms with van der Waals surface area (Å²) >= 11 is 0. The molecule has 1 fully saturated rings. The van der Waals surface area contributed by atoms with Gasteiger partial charge in [-0.25, -0.2) is 10.3 Å². The van der Waals surface area contributed by atoms with Crippen molar-refractivity contribution in [2.75, 3.05) is 6.61 Å². The van der Waals surface area contributed by atoms with Gasteiger partial charge in [0.15, 0.2) is 6.29 Å². The van der Waals surface area contributed by atoms with Crippen LogP contribution >= 0.6 is 0 Å². The molecule has 1 unspecified atom stereocenters. The van der Waals surface area contributed by atoms with Crippen molar-refractivity contribution in [1.82, 2.24) is 5.48 Å². The Morgan fingerprint density at radius 1 is 1.33 bits per heavy atom. The highest BCUT2D eigenvalue weighted by molar-refractivity contribution is 5.90. The summed E-state index contributed by atoms with van der Waals surface area (Å²) in [6.07, 6.45) is 5.82. The molecule has 1 aromatic carbocycles. The normalized spacial score (nSPS) is 19.9. The largest absolute Gasteiger partial charge is 0.350 e. The summed E-state index contributed by atoms with van der Waals surface area (Å²) in [5.74, 6) is -0.284. The molecule has 2 rings (SSSR count). The molecule has 1 atom stereocenters. The van der Waals surface area contributed by atoms with E-state index in [0.29, 0.717) is 6.61 Å². The van der Waals surface area contributed by atoms with Gasteiger partial charge in [-0.3, -0.25) is 4.79 Å². The Bertz CT molecular complexity index is 397. The lowest BCUT2D eigenvalue weighted by atomic mass is 10.2. The van der Waals surface area contributed by atoms with E-state index in [2.05, 4.69) is 5.48 Å². The molecule has 1 aliphatic heterocycles. The van der Waals surface area contributed by atoms with Gasteiger partial charge in [-0.15, -0.1) is 0 Å². The monoisotopic (exact) mass is 247 g/mol. The topological polar surface area (TPSA) is 47.6 Å². The SMILES string of the molecule is O=C(C=Cc1ccccc1)NOC1CCCCO1. The molecule has 4 heteroatoms. The maximum absolute atomic E-state index is 11.5. The van der Waals surface area contributed by atoms with E-state index in [4.69, 9.17) is 9.57 Å². The van der Waals surface area contributed by atoms with Gasteiger partial charge in [-0.05, 0) is 24.5 Å². The number of hydrogen-bond donors (Lipinski definition) is 1. The number of carbonyl (C=O) groups is 1. The third-order valence-electron chi connectivity index (χ3n) is 2.66. The first-order chi connectivity index (χ1) is 8.84. The van der Waals surface area contributed by atoms with Gasteiger partial charge in [-0.1, -0.05) is 30.3 Å². The average Bonchev–Trinajstić information content (AvgIpc) is 2.45. The third-order valence-corrected chi connectivity index (χ3v) is 2.66. The Kier molecular flexibility index (Phi) is 4.93. The summed E-state index contributed by atoms with van der Waals surface area (Å²) in [5.41, 5.74) is 3.35. The van der Waals surface area contributed by atoms with Gasteiger partial charge < -0.3 is 4.74 Å². The van der Waals surface area contributed by atoms with Crippen LogP contribution in [0, 0.1) is 0 Å². The van der Waals surface area contributed by atoms with Gasteiger partial charge in [0.05, 0.1) is 0 Å². The molecule has 1 amide bonds. The van der Waals surface area contributed by atoms with Crippen molar-refractivity contribution in [3.05, 3.63) is 42.0 Å². The number of benzene rings is 1. The molecule has 0 bridgehead atoms. The lowest BCUT2D eigenvalue weighted by Gasteiger charge is -2.21. The molecule has 1 aromatic rings. The number of amides is 1. The van der Waals surface area contributed by atoms with Crippen LogP contribution in [0.15, 0.2) is 36.4 Å². The van der Waals surface area contributed by atoms with E-state index >= 15 is 0 Å². The molecular weight excluding hydrogens is 230 g/mol. The minimum Gasteiger partial charge on any atom is -0.350 e. The number of hydroxylamine groups is 1. The highest BCUT2D eigenvalue weighted by atomic mass is 16.8. The molecule has 1 aliphatic rings. The first-order valence-electron chi connectivity index (χ1n) is 6.15. The van der Waals surface area contributed by atoms with Crippen molar-refractivity contribution in [2.45, 2.75) is 25.6 Å². The van der Waals surface area contributed by atoms with Crippen molar-refractivity contribution in [2.24, 2.45) is 0 Å². The Balaban J connectivity index is 1.73. The second kappa shape index (κ2) is 6.93. The quantitative estimate of drug-likeness (QED) is 0.656. The van der Waals surface area contributed by atoms with Crippen LogP contribution in [0.5, 0.6) is 0 Å². The number of hydrogen-bond acceptors (Lipinski definition) is 3. The fraction of sp³-hybridized carbons (Fsp3) is 0.357. The molecule has 1 N–H and O–H groups in total. The summed E-state index contributed by atoms with van der Waals surface area (Å²) in [5, 5.41) is 0. The maximum Gasteiger partial charge on any atom is 0.267 e. The minimum absolute atomic E-state index is 0.284. The molecule has 4 nitrogen and oxygen atoms in total. The fourth-order valence-corrected chi connectivity index (χ4v) is 1.70. The van der Waals surface area contributed by atoms with Crippen LogP contribution in [0.1, 0.15) is 24.8 Å². The van der Waals surface area contributed by atoms with E-state index in [-0.39, 0.29) is 12.2 Å². The first kappa shape index (κ1) is 12.8. The Labute approximate surface area is 107 Å². The molecule has 0 aliphatic carbocycles. The molecule has 1 heterocycles. The van der Waals surface area contributed by atoms with Crippen molar-refractivity contribution < 1.29 is 14.4 Å². The first-order valence-corrected chi connectivity index (χ1v) is 6.15. The molecule has 1 saturated heterocycles. The second-order valence-corrected chi connectivity index (χ2v) is 4.12. The van der Waals surface area contributed by atoms with Gasteiger partial charge in [0, 0.05) is 19.1 Å². The smallest absolute Gasteiger partial charge is 0.267 e. The van der Waals surface area contributed by atoms with Crippen LogP contribution < -0.4 is 5.48 Å². The minimum atomic E-state index is -0.312. The molecule has 0 radical (unpaired) electrons. The number of rotatable bonds is 4. The summed E-state index contributed by atoms with van der Waals surface area (Å²) in [6, 6.07) is 9.62. The Hall–Kier alpha value is -1.65. The van der Waals surface area contributed by atoms with E-state index in [9.17, 15) is 4.79 Å². The number of nitrogens with one attached hydrogen (secondary N) is 1. The van der Waals surface area contributed by atoms with Crippen LogP contribution in [0.4, 0.5) is 0 Å². The molecule has 18 heavy (non-hydrogen) atoms. The van der Waals surface area contributed by atoms with Crippen molar-refractivity contribution in [3.63, 3.8) is 0 Å². The van der Waals surface area contributed by atoms with E-state index in [1.165, 1.54) is 6.08 Å². The van der Waals surface area contributed by atoms with Gasteiger partial charge >= 0.3 is 0 Å². The Morgan fingerprint density at radius 2 is 2.17 bits per heavy atom. The third kappa shape index (κ3) is 4.31. The fourth-order valence-electron chi connectivity index (χ4n) is 1.70. The summed E-state index contributed by atoms with van der Waals surface area (Å²) in [7, 11) is 0. The van der Waals surface area contributed by atoms with E-state index in [1.807, 2.05) is 30.3 Å². The number of carbonyl (C=O) groups excluding carboxylic acids is 1. The zero-order valence-corrected chi connectivity index (χ0v) is 10.2. The predicted octanol–water partition coefficient (Wildman–Crippen LogP) is 2.27. The summed E-state index contributed by atoms with van der Waals surface area (Å²) < 4.78 is 5.33. The standard InChI is InChI=1S/C14H17NO3/c16-13(10-9-12-6-2-1-3-7-12)15-18-14-8-4-5-11-17-14/h1-3,6-7,9-10,14H,4-5,8,11H2,(H,15,16). The van der Waals surface area contributed by atoms with E-state index in [1.54, 1.807) is 6.08 Å². The van der Waals surface area contributed by atoms with Crippen molar-refractivity contribution >= 4 is 12.0 Å². The van der Waals surface area contributed by atoms with Gasteiger partial charge in [-0.2, -0.15) is 0 Å². The molecule has 0 spiro atoms. The summed E-state index contributed by atoms with van der Waals surface area (Å²) in [4.78, 5) is 16.6. The zero-order chi connectivity index (χ0) is 12.6. The number of ether oxygens (including phenoxy) is 1. The molecule has 0 aromatic heterocycles. The molecular formula is C14H17NO3. The van der Waals surface area contributed by atoms with Gasteiger partial charge in [0.25, 0.3) is 5.91 Å². The Morgan fingerprint density at radius 3 is 2.89 bits per heavy atom. The maximum atomic E-state index is 11.5. The van der Waals surface area contributed by atoms with Gasteiger partial charge in [0.2, 0.25) is 0 Å². The molecule has 96 valence electrons. The van der Waals surface area contributed by atoms with E-state index < -0.39 is 0 Å². The predicted molar refractivity (Wildman–Crippen MR) is 68.3 cm³/mol. The van der Waals surface area contributed by atoms with E-state index in [0.717, 1.165) is 24.8 Å². The van der Waals surface area contributed by atoms with Crippen LogP contribution in [0.25, 0.3) is 6.08 Å². The molecule has 0 saturated carbocycles. The second-order valence-electron chi connectivity index (χ2n) is 4.12. The average molecular weight is 247 g/mol. The highest BCUT2D eigenvalue weighted by Gasteiger charge is 2.14. The van der Waals surface area contributed by atoms with Gasteiger partial charge in [0.1, 0.15) is 0 Å². The lowest BCUT2D eigenvalue weighted by Crippen LogP contribution is -2.32. The summed E-state index contributed by atoms with van der Waals surface area (Å²) in [6.45, 7) is 0.695. The van der Waals surface area contributed by atoms with Crippen molar-refractivity contribution in [1.29, 1.82) is 0 Å². The van der Waals surface area contributed by atoms with Crippen LogP contribution in [0.2, 0.25) is 0 Å².